The molecule has 0 bridgehead atoms. The Labute approximate surface area is 124 Å². The van der Waals surface area contributed by atoms with E-state index in [1.807, 2.05) is 0 Å². The van der Waals surface area contributed by atoms with E-state index in [0.29, 0.717) is 18.0 Å². The van der Waals surface area contributed by atoms with Gasteiger partial charge in [-0.15, -0.1) is 11.3 Å². The van der Waals surface area contributed by atoms with Crippen molar-refractivity contribution in [2.75, 3.05) is 18.8 Å². The van der Waals surface area contributed by atoms with E-state index in [-0.39, 0.29) is 17.6 Å². The molecule has 2 N–H and O–H groups in total. The van der Waals surface area contributed by atoms with Crippen LogP contribution in [0.5, 0.6) is 0 Å². The first kappa shape index (κ1) is 14.9. The molecule has 8 heteroatoms. The first-order chi connectivity index (χ1) is 9.58. The number of thiophene rings is 1. The molecule has 1 atom stereocenters. The van der Waals surface area contributed by atoms with Crippen LogP contribution in [0.4, 0.5) is 4.79 Å². The van der Waals surface area contributed by atoms with Gasteiger partial charge >= 0.3 is 5.97 Å². The number of aliphatic carboxylic acids is 1. The minimum Gasteiger partial charge on any atom is -0.479 e. The monoisotopic (exact) mass is 314 g/mol. The van der Waals surface area contributed by atoms with Crippen molar-refractivity contribution in [1.82, 2.24) is 10.2 Å². The molecule has 0 aromatic carbocycles. The molecule has 108 valence electrons. The maximum absolute atomic E-state index is 11.8. The van der Waals surface area contributed by atoms with Crippen molar-refractivity contribution >= 4 is 40.2 Å². The molecular weight excluding hydrogens is 300 g/mol. The van der Waals surface area contributed by atoms with Gasteiger partial charge in [-0.3, -0.25) is 9.59 Å². The smallest absolute Gasteiger partial charge is 0.331 e. The topological polar surface area (TPSA) is 86.7 Å². The Balaban J connectivity index is 1.86. The van der Waals surface area contributed by atoms with Gasteiger partial charge < -0.3 is 15.3 Å². The predicted molar refractivity (Wildman–Crippen MR) is 76.9 cm³/mol. The zero-order valence-corrected chi connectivity index (χ0v) is 12.2. The van der Waals surface area contributed by atoms with Gasteiger partial charge in [0.05, 0.1) is 0 Å². The van der Waals surface area contributed by atoms with Crippen molar-refractivity contribution in [3.63, 3.8) is 0 Å². The Kier molecular flexibility index (Phi) is 5.02. The average molecular weight is 314 g/mol. The molecule has 1 fully saturated rings. The van der Waals surface area contributed by atoms with Crippen molar-refractivity contribution in [3.05, 3.63) is 22.4 Å². The predicted octanol–water partition coefficient (Wildman–Crippen LogP) is 1.55. The fourth-order valence-corrected chi connectivity index (χ4v) is 3.43. The Bertz CT molecular complexity index is 504. The molecule has 1 aliphatic rings. The number of carbonyl (C=O) groups excluding carboxylic acids is 2. The van der Waals surface area contributed by atoms with E-state index in [1.54, 1.807) is 22.4 Å². The number of carboxylic acid groups (broad SMARTS) is 1. The lowest BCUT2D eigenvalue weighted by Gasteiger charge is -2.16. The van der Waals surface area contributed by atoms with Crippen LogP contribution < -0.4 is 5.32 Å². The summed E-state index contributed by atoms with van der Waals surface area (Å²) in [5.74, 6) is -0.711. The molecule has 0 aliphatic carbocycles. The lowest BCUT2D eigenvalue weighted by molar-refractivity contribution is -0.142. The standard InChI is InChI=1S/C12H14N2O4S2/c15-9(3-4-14-5-7-20-12(14)18)13-10(11(16)17)8-2-1-6-19-8/h1-2,6,10H,3-5,7H2,(H,13,15)(H,16,17). The van der Waals surface area contributed by atoms with Crippen LogP contribution in [0.1, 0.15) is 17.3 Å². The van der Waals surface area contributed by atoms with Gasteiger partial charge in [-0.1, -0.05) is 17.8 Å². The highest BCUT2D eigenvalue weighted by molar-refractivity contribution is 8.13. The Hall–Kier alpha value is -1.54. The molecule has 1 aliphatic heterocycles. The molecule has 2 rings (SSSR count). The third-order valence-electron chi connectivity index (χ3n) is 2.83. The van der Waals surface area contributed by atoms with Crippen molar-refractivity contribution in [2.24, 2.45) is 0 Å². The molecule has 0 spiro atoms. The zero-order chi connectivity index (χ0) is 14.5. The number of nitrogens with zero attached hydrogens (tertiary/aromatic N) is 1. The molecule has 1 saturated heterocycles. The van der Waals surface area contributed by atoms with Crippen molar-refractivity contribution in [2.45, 2.75) is 12.5 Å². The quantitative estimate of drug-likeness (QED) is 0.832. The summed E-state index contributed by atoms with van der Waals surface area (Å²) < 4.78 is 0. The Morgan fingerprint density at radius 3 is 2.85 bits per heavy atom. The Morgan fingerprint density at radius 1 is 1.50 bits per heavy atom. The summed E-state index contributed by atoms with van der Waals surface area (Å²) in [6.45, 7) is 0.971. The van der Waals surface area contributed by atoms with Crippen LogP contribution in [-0.4, -0.2) is 46.0 Å². The van der Waals surface area contributed by atoms with Gasteiger partial charge in [0.25, 0.3) is 5.24 Å². The van der Waals surface area contributed by atoms with Crippen LogP contribution in [0, 0.1) is 0 Å². The van der Waals surface area contributed by atoms with E-state index in [1.165, 1.54) is 23.1 Å². The van der Waals surface area contributed by atoms with Gasteiger partial charge in [0.15, 0.2) is 6.04 Å². The van der Waals surface area contributed by atoms with Crippen LogP contribution >= 0.6 is 23.1 Å². The fourth-order valence-electron chi connectivity index (χ4n) is 1.81. The molecule has 1 aromatic rings. The molecule has 20 heavy (non-hydrogen) atoms. The summed E-state index contributed by atoms with van der Waals surface area (Å²) in [5, 5.41) is 13.4. The number of carbonyl (C=O) groups is 3. The maximum atomic E-state index is 11.8. The number of nitrogens with one attached hydrogen (secondary N) is 1. The van der Waals surface area contributed by atoms with Crippen LogP contribution in [0.15, 0.2) is 17.5 Å². The number of carboxylic acids is 1. The van der Waals surface area contributed by atoms with Gasteiger partial charge in [0, 0.05) is 30.1 Å². The molecule has 2 heterocycles. The molecule has 0 radical (unpaired) electrons. The number of hydrogen-bond donors (Lipinski definition) is 2. The first-order valence-electron chi connectivity index (χ1n) is 6.05. The van der Waals surface area contributed by atoms with E-state index >= 15 is 0 Å². The summed E-state index contributed by atoms with van der Waals surface area (Å²) in [6, 6.07) is 2.39. The molecule has 1 aromatic heterocycles. The third-order valence-corrected chi connectivity index (χ3v) is 4.66. The zero-order valence-electron chi connectivity index (χ0n) is 10.6. The van der Waals surface area contributed by atoms with E-state index in [0.717, 1.165) is 5.75 Å². The lowest BCUT2D eigenvalue weighted by Crippen LogP contribution is -2.36. The highest BCUT2D eigenvalue weighted by atomic mass is 32.2. The van der Waals surface area contributed by atoms with E-state index in [9.17, 15) is 14.4 Å². The second-order valence-electron chi connectivity index (χ2n) is 4.21. The van der Waals surface area contributed by atoms with E-state index in [4.69, 9.17) is 5.11 Å². The minimum atomic E-state index is -1.09. The normalized spacial score (nSPS) is 16.2. The molecular formula is C12H14N2O4S2. The van der Waals surface area contributed by atoms with Gasteiger partial charge in [-0.25, -0.2) is 4.79 Å². The van der Waals surface area contributed by atoms with Crippen LogP contribution in [-0.2, 0) is 9.59 Å². The van der Waals surface area contributed by atoms with Crippen molar-refractivity contribution in [1.29, 1.82) is 0 Å². The highest BCUT2D eigenvalue weighted by Crippen LogP contribution is 2.20. The van der Waals surface area contributed by atoms with Crippen molar-refractivity contribution < 1.29 is 19.5 Å². The van der Waals surface area contributed by atoms with Gasteiger partial charge in [-0.05, 0) is 11.4 Å². The number of hydrogen-bond acceptors (Lipinski definition) is 5. The minimum absolute atomic E-state index is 0.0224. The summed E-state index contributed by atoms with van der Waals surface area (Å²) in [7, 11) is 0. The maximum Gasteiger partial charge on any atom is 0.331 e. The molecule has 6 nitrogen and oxygen atoms in total. The number of thioether (sulfide) groups is 1. The average Bonchev–Trinajstić information content (AvgIpc) is 3.04. The van der Waals surface area contributed by atoms with Crippen molar-refractivity contribution in [3.8, 4) is 0 Å². The SMILES string of the molecule is O=C(CCN1CCSC1=O)NC(C(=O)O)c1cccs1. The van der Waals surface area contributed by atoms with Gasteiger partial charge in [0.2, 0.25) is 5.91 Å². The first-order valence-corrected chi connectivity index (χ1v) is 7.91. The van der Waals surface area contributed by atoms with E-state index < -0.39 is 12.0 Å². The lowest BCUT2D eigenvalue weighted by atomic mass is 10.2. The summed E-state index contributed by atoms with van der Waals surface area (Å²) >= 11 is 2.52. The van der Waals surface area contributed by atoms with Crippen LogP contribution in [0.3, 0.4) is 0 Å². The van der Waals surface area contributed by atoms with Gasteiger partial charge in [0.1, 0.15) is 0 Å². The number of rotatable bonds is 6. The fraction of sp³-hybridized carbons (Fsp3) is 0.417. The van der Waals surface area contributed by atoms with Crippen LogP contribution in [0.25, 0.3) is 0 Å². The summed E-state index contributed by atoms with van der Waals surface area (Å²) in [5.41, 5.74) is 0. The second kappa shape index (κ2) is 6.76. The summed E-state index contributed by atoms with van der Waals surface area (Å²) in [6.07, 6.45) is 0.113. The molecule has 0 saturated carbocycles. The molecule has 1 unspecified atom stereocenters. The summed E-state index contributed by atoms with van der Waals surface area (Å²) in [4.78, 5) is 36.5. The van der Waals surface area contributed by atoms with Gasteiger partial charge in [-0.2, -0.15) is 0 Å². The molecule has 2 amide bonds. The Morgan fingerprint density at radius 2 is 2.30 bits per heavy atom. The number of amides is 2. The second-order valence-corrected chi connectivity index (χ2v) is 6.23. The largest absolute Gasteiger partial charge is 0.479 e. The third kappa shape index (κ3) is 3.73. The van der Waals surface area contributed by atoms with E-state index in [2.05, 4.69) is 5.32 Å². The highest BCUT2D eigenvalue weighted by Gasteiger charge is 2.25. The van der Waals surface area contributed by atoms with Crippen LogP contribution in [0.2, 0.25) is 0 Å².